The number of hydrogen-bond donors (Lipinski definition) is 1. The standard InChI is InChI=1S/C25H34N2O4S/c1-16-5-7-17(8-6-16)23(28)27(19-11-9-18(26-31)10-12-19)21-15-20(13-14-25(2,3)4)32-22(21)24(29)30/h15-19H,5-12H2,1-4H3,(H,29,30). The van der Waals surface area contributed by atoms with E-state index in [9.17, 15) is 19.6 Å². The molecule has 2 aliphatic carbocycles. The molecule has 1 heterocycles. The van der Waals surface area contributed by atoms with Crippen molar-refractivity contribution >= 4 is 28.9 Å². The summed E-state index contributed by atoms with van der Waals surface area (Å²) in [5.41, 5.74) is 0.258. The maximum absolute atomic E-state index is 13.8. The van der Waals surface area contributed by atoms with Crippen molar-refractivity contribution in [3.8, 4) is 11.8 Å². The minimum absolute atomic E-state index is 0.0232. The highest BCUT2D eigenvalue weighted by Crippen LogP contribution is 2.39. The summed E-state index contributed by atoms with van der Waals surface area (Å²) >= 11 is 1.13. The van der Waals surface area contributed by atoms with E-state index in [1.165, 1.54) is 0 Å². The third kappa shape index (κ3) is 5.98. The zero-order chi connectivity index (χ0) is 23.5. The first-order valence-corrected chi connectivity index (χ1v) is 12.5. The molecule has 3 rings (SSSR count). The second-order valence-corrected chi connectivity index (χ2v) is 11.4. The number of nitroso groups, excluding NO2 is 1. The van der Waals surface area contributed by atoms with Crippen molar-refractivity contribution in [1.82, 2.24) is 0 Å². The topological polar surface area (TPSA) is 87.0 Å². The second kappa shape index (κ2) is 10.2. The largest absolute Gasteiger partial charge is 0.477 e. The minimum Gasteiger partial charge on any atom is -0.477 e. The summed E-state index contributed by atoms with van der Waals surface area (Å²) in [6, 6.07) is 1.45. The normalized spacial score (nSPS) is 26.0. The fraction of sp³-hybridized carbons (Fsp3) is 0.680. The van der Waals surface area contributed by atoms with Crippen LogP contribution in [0.1, 0.15) is 93.6 Å². The van der Waals surface area contributed by atoms with Gasteiger partial charge < -0.3 is 10.0 Å². The fourth-order valence-electron chi connectivity index (χ4n) is 4.65. The van der Waals surface area contributed by atoms with Gasteiger partial charge in [-0.05, 0) is 84.1 Å². The van der Waals surface area contributed by atoms with Crippen LogP contribution in [0.4, 0.5) is 5.69 Å². The SMILES string of the molecule is CC1CCC(C(=O)N(c2cc(C#CC(C)(C)C)sc2C(=O)O)C2CCC(N=O)CC2)CC1. The molecule has 174 valence electrons. The van der Waals surface area contributed by atoms with Crippen LogP contribution in [-0.2, 0) is 4.79 Å². The summed E-state index contributed by atoms with van der Waals surface area (Å²) in [5, 5.41) is 13.1. The van der Waals surface area contributed by atoms with Gasteiger partial charge >= 0.3 is 5.97 Å². The van der Waals surface area contributed by atoms with E-state index in [0.29, 0.717) is 42.2 Å². The number of rotatable bonds is 5. The Bertz CT molecular complexity index is 905. The van der Waals surface area contributed by atoms with Crippen LogP contribution in [0.25, 0.3) is 0 Å². The fourth-order valence-corrected chi connectivity index (χ4v) is 5.49. The summed E-state index contributed by atoms with van der Waals surface area (Å²) in [6.07, 6.45) is 6.28. The molecule has 0 aromatic carbocycles. The lowest BCUT2D eigenvalue weighted by Crippen LogP contribution is -2.47. The molecule has 32 heavy (non-hydrogen) atoms. The van der Waals surface area contributed by atoms with Gasteiger partial charge in [0.1, 0.15) is 4.88 Å². The van der Waals surface area contributed by atoms with Gasteiger partial charge in [-0.15, -0.1) is 11.3 Å². The van der Waals surface area contributed by atoms with E-state index in [1.54, 1.807) is 11.0 Å². The maximum atomic E-state index is 13.8. The number of nitrogens with zero attached hydrogens (tertiary/aromatic N) is 2. The zero-order valence-electron chi connectivity index (χ0n) is 19.5. The number of carbonyl (C=O) groups excluding carboxylic acids is 1. The Morgan fingerprint density at radius 1 is 1.09 bits per heavy atom. The average Bonchev–Trinajstić information content (AvgIpc) is 3.17. The summed E-state index contributed by atoms with van der Waals surface area (Å²) in [6.45, 7) is 8.23. The number of amides is 1. The van der Waals surface area contributed by atoms with Gasteiger partial charge in [-0.3, -0.25) is 4.79 Å². The molecule has 0 bridgehead atoms. The highest BCUT2D eigenvalue weighted by atomic mass is 32.1. The van der Waals surface area contributed by atoms with Gasteiger partial charge in [-0.1, -0.05) is 23.9 Å². The number of carboxylic acid groups (broad SMARTS) is 1. The Labute approximate surface area is 194 Å². The molecule has 2 saturated carbocycles. The van der Waals surface area contributed by atoms with E-state index in [0.717, 1.165) is 37.0 Å². The van der Waals surface area contributed by atoms with E-state index in [4.69, 9.17) is 0 Å². The highest BCUT2D eigenvalue weighted by molar-refractivity contribution is 7.15. The molecule has 0 unspecified atom stereocenters. The molecule has 0 aliphatic heterocycles. The van der Waals surface area contributed by atoms with Crippen LogP contribution >= 0.6 is 11.3 Å². The number of anilines is 1. The van der Waals surface area contributed by atoms with Crippen LogP contribution in [0.15, 0.2) is 11.2 Å². The number of aromatic carboxylic acids is 1. The third-order valence-corrected chi connectivity index (χ3v) is 7.54. The van der Waals surface area contributed by atoms with Crippen molar-refractivity contribution in [2.75, 3.05) is 4.90 Å². The van der Waals surface area contributed by atoms with Gasteiger partial charge in [0.15, 0.2) is 0 Å². The van der Waals surface area contributed by atoms with E-state index in [2.05, 4.69) is 23.9 Å². The van der Waals surface area contributed by atoms with Gasteiger partial charge in [-0.2, -0.15) is 4.91 Å². The van der Waals surface area contributed by atoms with Crippen LogP contribution in [0, 0.1) is 34.0 Å². The van der Waals surface area contributed by atoms with Crippen LogP contribution in [0.5, 0.6) is 0 Å². The third-order valence-electron chi connectivity index (χ3n) is 6.51. The minimum atomic E-state index is -1.04. The molecular weight excluding hydrogens is 424 g/mol. The predicted octanol–water partition coefficient (Wildman–Crippen LogP) is 6.08. The molecular formula is C25H34N2O4S. The van der Waals surface area contributed by atoms with Gasteiger partial charge in [0, 0.05) is 17.4 Å². The predicted molar refractivity (Wildman–Crippen MR) is 128 cm³/mol. The van der Waals surface area contributed by atoms with E-state index in [-0.39, 0.29) is 34.2 Å². The Morgan fingerprint density at radius 3 is 2.25 bits per heavy atom. The number of hydrogen-bond acceptors (Lipinski definition) is 5. The van der Waals surface area contributed by atoms with E-state index < -0.39 is 5.97 Å². The molecule has 1 aromatic rings. The van der Waals surface area contributed by atoms with Gasteiger partial charge in [-0.25, -0.2) is 4.79 Å². The Balaban J connectivity index is 1.99. The number of thiophene rings is 1. The lowest BCUT2D eigenvalue weighted by Gasteiger charge is -2.38. The van der Waals surface area contributed by atoms with Crippen molar-refractivity contribution in [3.63, 3.8) is 0 Å². The van der Waals surface area contributed by atoms with Crippen molar-refractivity contribution in [3.05, 3.63) is 20.7 Å². The monoisotopic (exact) mass is 458 g/mol. The van der Waals surface area contributed by atoms with Crippen LogP contribution in [-0.4, -0.2) is 29.1 Å². The van der Waals surface area contributed by atoms with Crippen molar-refractivity contribution in [1.29, 1.82) is 0 Å². The van der Waals surface area contributed by atoms with Crippen LogP contribution < -0.4 is 4.90 Å². The average molecular weight is 459 g/mol. The summed E-state index contributed by atoms with van der Waals surface area (Å²) in [7, 11) is 0. The van der Waals surface area contributed by atoms with Crippen molar-refractivity contribution in [2.45, 2.75) is 91.1 Å². The molecule has 2 aliphatic rings. The summed E-state index contributed by atoms with van der Waals surface area (Å²) in [4.78, 5) is 39.5. The van der Waals surface area contributed by atoms with E-state index >= 15 is 0 Å². The quantitative estimate of drug-likeness (QED) is 0.428. The molecule has 1 N–H and O–H groups in total. The molecule has 2 fully saturated rings. The zero-order valence-corrected chi connectivity index (χ0v) is 20.3. The molecule has 1 aromatic heterocycles. The molecule has 0 saturated heterocycles. The van der Waals surface area contributed by atoms with Crippen LogP contribution in [0.3, 0.4) is 0 Å². The summed E-state index contributed by atoms with van der Waals surface area (Å²) < 4.78 is 0. The first-order chi connectivity index (χ1) is 15.1. The van der Waals surface area contributed by atoms with Crippen molar-refractivity contribution in [2.24, 2.45) is 22.4 Å². The number of carbonyl (C=O) groups is 2. The summed E-state index contributed by atoms with van der Waals surface area (Å²) in [5.74, 6) is 5.80. The molecule has 0 radical (unpaired) electrons. The van der Waals surface area contributed by atoms with Crippen LogP contribution in [0.2, 0.25) is 0 Å². The Morgan fingerprint density at radius 2 is 1.72 bits per heavy atom. The maximum Gasteiger partial charge on any atom is 0.348 e. The van der Waals surface area contributed by atoms with Gasteiger partial charge in [0.25, 0.3) is 0 Å². The second-order valence-electron chi connectivity index (χ2n) is 10.4. The van der Waals surface area contributed by atoms with Gasteiger partial charge in [0.2, 0.25) is 5.91 Å². The smallest absolute Gasteiger partial charge is 0.348 e. The lowest BCUT2D eigenvalue weighted by molar-refractivity contribution is -0.124. The molecule has 1 amide bonds. The first kappa shape index (κ1) is 24.4. The number of carboxylic acids is 1. The van der Waals surface area contributed by atoms with E-state index in [1.807, 2.05) is 20.8 Å². The molecule has 0 spiro atoms. The first-order valence-electron chi connectivity index (χ1n) is 11.6. The lowest BCUT2D eigenvalue weighted by atomic mass is 9.81. The highest BCUT2D eigenvalue weighted by Gasteiger charge is 2.37. The van der Waals surface area contributed by atoms with Crippen molar-refractivity contribution < 1.29 is 14.7 Å². The molecule has 0 atom stereocenters. The molecule has 7 heteroatoms. The van der Waals surface area contributed by atoms with Gasteiger partial charge in [0.05, 0.1) is 16.6 Å². The Hall–Kier alpha value is -2.20. The molecule has 6 nitrogen and oxygen atoms in total. The Kier molecular flexibility index (Phi) is 7.76.